The number of piperidine rings is 1. The van der Waals surface area contributed by atoms with E-state index in [1.807, 2.05) is 0 Å². The molecule has 1 aromatic carbocycles. The summed E-state index contributed by atoms with van der Waals surface area (Å²) in [4.78, 5) is 7.97. The number of benzene rings is 1. The van der Waals surface area contributed by atoms with Crippen LogP contribution in [0.1, 0.15) is 32.3 Å². The molecule has 1 aromatic rings. The number of anilines is 1. The highest BCUT2D eigenvalue weighted by Gasteiger charge is 2.33. The summed E-state index contributed by atoms with van der Waals surface area (Å²) in [6, 6.07) is 9.83. The molecule has 2 heterocycles. The first kappa shape index (κ1) is 16.8. The van der Waals surface area contributed by atoms with Gasteiger partial charge in [-0.2, -0.15) is 0 Å². The first-order valence-electron chi connectivity index (χ1n) is 9.49. The number of piperazine rings is 1. The number of aryl methyl sites for hydroxylation is 1. The monoisotopic (exact) mass is 315 g/mol. The van der Waals surface area contributed by atoms with Crippen molar-refractivity contribution in [2.24, 2.45) is 5.92 Å². The van der Waals surface area contributed by atoms with Gasteiger partial charge in [0.15, 0.2) is 0 Å². The minimum absolute atomic E-state index is 0.808. The molecule has 2 aliphatic heterocycles. The molecular formula is C20H33N3. The third-order valence-corrected chi connectivity index (χ3v) is 5.93. The lowest BCUT2D eigenvalue weighted by Gasteiger charge is -2.47. The van der Waals surface area contributed by atoms with E-state index in [9.17, 15) is 0 Å². The van der Waals surface area contributed by atoms with E-state index in [-0.39, 0.29) is 0 Å². The highest BCUT2D eigenvalue weighted by molar-refractivity contribution is 5.47. The SMILES string of the molecule is CCC1CN(CC)CCC1N1CCN(c2ccc(C)cc2)CC1. The van der Waals surface area contributed by atoms with Crippen molar-refractivity contribution in [3.8, 4) is 0 Å². The normalized spacial score (nSPS) is 27.3. The predicted octanol–water partition coefficient (Wildman–Crippen LogP) is 3.24. The molecule has 2 saturated heterocycles. The molecule has 0 radical (unpaired) electrons. The molecule has 0 saturated carbocycles. The van der Waals surface area contributed by atoms with Crippen LogP contribution >= 0.6 is 0 Å². The van der Waals surface area contributed by atoms with Gasteiger partial charge in [-0.25, -0.2) is 0 Å². The Bertz CT molecular complexity index is 476. The van der Waals surface area contributed by atoms with Crippen LogP contribution in [0, 0.1) is 12.8 Å². The van der Waals surface area contributed by atoms with Crippen molar-refractivity contribution in [1.29, 1.82) is 0 Å². The van der Waals surface area contributed by atoms with Crippen molar-refractivity contribution < 1.29 is 0 Å². The van der Waals surface area contributed by atoms with Crippen molar-refractivity contribution in [2.45, 2.75) is 39.7 Å². The van der Waals surface area contributed by atoms with Crippen molar-refractivity contribution in [1.82, 2.24) is 9.80 Å². The van der Waals surface area contributed by atoms with Gasteiger partial charge in [-0.3, -0.25) is 4.90 Å². The Balaban J connectivity index is 1.57. The Hall–Kier alpha value is -1.06. The number of rotatable bonds is 4. The second-order valence-corrected chi connectivity index (χ2v) is 7.28. The Morgan fingerprint density at radius 2 is 1.65 bits per heavy atom. The molecule has 3 nitrogen and oxygen atoms in total. The topological polar surface area (TPSA) is 9.72 Å². The number of nitrogens with zero attached hydrogens (tertiary/aromatic N) is 3. The van der Waals surface area contributed by atoms with Crippen LogP contribution in [0.2, 0.25) is 0 Å². The Kier molecular flexibility index (Phi) is 5.60. The molecule has 2 atom stereocenters. The molecule has 2 unspecified atom stereocenters. The lowest BCUT2D eigenvalue weighted by Crippen LogP contribution is -2.56. The highest BCUT2D eigenvalue weighted by Crippen LogP contribution is 2.27. The van der Waals surface area contributed by atoms with Crippen LogP contribution in [0.5, 0.6) is 0 Å². The van der Waals surface area contributed by atoms with Crippen molar-refractivity contribution in [2.75, 3.05) is 50.7 Å². The fourth-order valence-electron chi connectivity index (χ4n) is 4.33. The van der Waals surface area contributed by atoms with Crippen LogP contribution in [0.15, 0.2) is 24.3 Å². The predicted molar refractivity (Wildman–Crippen MR) is 99.3 cm³/mol. The maximum atomic E-state index is 2.78. The molecule has 128 valence electrons. The summed E-state index contributed by atoms with van der Waals surface area (Å²) >= 11 is 0. The molecule has 0 spiro atoms. The quantitative estimate of drug-likeness (QED) is 0.844. The lowest BCUT2D eigenvalue weighted by atomic mass is 9.88. The zero-order valence-corrected chi connectivity index (χ0v) is 15.2. The van der Waals surface area contributed by atoms with E-state index in [0.29, 0.717) is 0 Å². The summed E-state index contributed by atoms with van der Waals surface area (Å²) in [7, 11) is 0. The summed E-state index contributed by atoms with van der Waals surface area (Å²) in [5.74, 6) is 0.856. The summed E-state index contributed by atoms with van der Waals surface area (Å²) in [5.41, 5.74) is 2.74. The Morgan fingerprint density at radius 1 is 0.957 bits per heavy atom. The number of likely N-dealkylation sites (tertiary alicyclic amines) is 1. The van der Waals surface area contributed by atoms with Gasteiger partial charge in [0.2, 0.25) is 0 Å². The van der Waals surface area contributed by atoms with Crippen LogP contribution in [0.25, 0.3) is 0 Å². The van der Waals surface area contributed by atoms with Gasteiger partial charge < -0.3 is 9.80 Å². The van der Waals surface area contributed by atoms with Gasteiger partial charge in [-0.15, -0.1) is 0 Å². The Morgan fingerprint density at radius 3 is 2.26 bits per heavy atom. The second-order valence-electron chi connectivity index (χ2n) is 7.28. The van der Waals surface area contributed by atoms with Crippen LogP contribution in [0.4, 0.5) is 5.69 Å². The minimum atomic E-state index is 0.808. The second kappa shape index (κ2) is 7.67. The van der Waals surface area contributed by atoms with Gasteiger partial charge >= 0.3 is 0 Å². The van der Waals surface area contributed by atoms with Gasteiger partial charge in [0.25, 0.3) is 0 Å². The first-order valence-corrected chi connectivity index (χ1v) is 9.49. The van der Waals surface area contributed by atoms with E-state index in [4.69, 9.17) is 0 Å². The third kappa shape index (κ3) is 3.89. The smallest absolute Gasteiger partial charge is 0.0367 e. The molecule has 23 heavy (non-hydrogen) atoms. The molecule has 2 aliphatic rings. The maximum Gasteiger partial charge on any atom is 0.0367 e. The standard InChI is InChI=1S/C20H33N3/c1-4-18-16-21(5-2)11-10-20(18)23-14-12-22(13-15-23)19-8-6-17(3)7-9-19/h6-9,18,20H,4-5,10-16H2,1-3H3. The number of hydrogen-bond donors (Lipinski definition) is 0. The first-order chi connectivity index (χ1) is 11.2. The average Bonchev–Trinajstić information content (AvgIpc) is 2.62. The van der Waals surface area contributed by atoms with E-state index in [1.165, 1.54) is 69.9 Å². The molecule has 3 heteroatoms. The van der Waals surface area contributed by atoms with Gasteiger partial charge in [0.1, 0.15) is 0 Å². The molecule has 2 fully saturated rings. The Labute approximate surface area is 142 Å². The lowest BCUT2D eigenvalue weighted by molar-refractivity contribution is 0.0529. The van der Waals surface area contributed by atoms with Crippen LogP contribution in [-0.4, -0.2) is 61.7 Å². The average molecular weight is 316 g/mol. The van der Waals surface area contributed by atoms with Crippen LogP contribution in [-0.2, 0) is 0 Å². The van der Waals surface area contributed by atoms with Gasteiger partial charge in [-0.05, 0) is 44.5 Å². The summed E-state index contributed by atoms with van der Waals surface area (Å²) in [6.07, 6.45) is 2.68. The molecule has 3 rings (SSSR count). The van der Waals surface area contributed by atoms with Gasteiger partial charge in [0, 0.05) is 44.5 Å². The fraction of sp³-hybridized carbons (Fsp3) is 0.700. The maximum absolute atomic E-state index is 2.78. The highest BCUT2D eigenvalue weighted by atomic mass is 15.3. The molecule has 0 amide bonds. The molecular weight excluding hydrogens is 282 g/mol. The largest absolute Gasteiger partial charge is 0.369 e. The van der Waals surface area contributed by atoms with Crippen molar-refractivity contribution in [3.63, 3.8) is 0 Å². The zero-order chi connectivity index (χ0) is 16.2. The van der Waals surface area contributed by atoms with Crippen molar-refractivity contribution >= 4 is 5.69 Å². The summed E-state index contributed by atoms with van der Waals surface area (Å²) in [5, 5.41) is 0. The van der Waals surface area contributed by atoms with E-state index in [0.717, 1.165) is 12.0 Å². The van der Waals surface area contributed by atoms with Crippen molar-refractivity contribution in [3.05, 3.63) is 29.8 Å². The summed E-state index contributed by atoms with van der Waals surface area (Å²) < 4.78 is 0. The molecule has 0 N–H and O–H groups in total. The third-order valence-electron chi connectivity index (χ3n) is 5.93. The van der Waals surface area contributed by atoms with Crippen LogP contribution in [0.3, 0.4) is 0 Å². The summed E-state index contributed by atoms with van der Waals surface area (Å²) in [6.45, 7) is 15.4. The minimum Gasteiger partial charge on any atom is -0.369 e. The zero-order valence-electron chi connectivity index (χ0n) is 15.2. The van der Waals surface area contributed by atoms with E-state index >= 15 is 0 Å². The number of hydrogen-bond acceptors (Lipinski definition) is 3. The van der Waals surface area contributed by atoms with Crippen LogP contribution < -0.4 is 4.90 Å². The van der Waals surface area contributed by atoms with E-state index in [2.05, 4.69) is 59.7 Å². The molecule has 0 aliphatic carbocycles. The molecule has 0 bridgehead atoms. The molecule has 0 aromatic heterocycles. The van der Waals surface area contributed by atoms with E-state index < -0.39 is 0 Å². The van der Waals surface area contributed by atoms with E-state index in [1.54, 1.807) is 0 Å². The van der Waals surface area contributed by atoms with Gasteiger partial charge in [-0.1, -0.05) is 38.0 Å². The van der Waals surface area contributed by atoms with Gasteiger partial charge in [0.05, 0.1) is 0 Å². The fourth-order valence-corrected chi connectivity index (χ4v) is 4.33.